The molecule has 0 amide bonds. The molecule has 9 heteroatoms. The smallest absolute Gasteiger partial charge is 0.257 e. The van der Waals surface area contributed by atoms with Crippen LogP contribution in [0, 0.1) is 47.1 Å². The third kappa shape index (κ3) is 3.33. The first kappa shape index (κ1) is 20.8. The number of pyridine rings is 1. The van der Waals surface area contributed by atoms with E-state index in [4.69, 9.17) is 0 Å². The summed E-state index contributed by atoms with van der Waals surface area (Å²) in [6.45, 7) is 5.77. The highest BCUT2D eigenvalue weighted by molar-refractivity contribution is 5.94. The number of rotatable bonds is 1. The second kappa shape index (κ2) is 7.49. The number of fused-ring (bicyclic) bond motifs is 4. The lowest BCUT2D eigenvalue weighted by Gasteiger charge is -2.31. The van der Waals surface area contributed by atoms with Crippen molar-refractivity contribution in [1.82, 2.24) is 24.6 Å². The molecule has 164 valence electrons. The monoisotopic (exact) mass is 443 g/mol. The molecule has 0 unspecified atom stereocenters. The molecule has 0 saturated carbocycles. The predicted octanol–water partition coefficient (Wildman–Crippen LogP) is 4.24. The number of aryl methyl sites for hydroxylation is 1. The summed E-state index contributed by atoms with van der Waals surface area (Å²) in [5.74, 6) is 5.22. The zero-order chi connectivity index (χ0) is 23.3. The van der Waals surface area contributed by atoms with E-state index in [1.165, 1.54) is 6.07 Å². The largest absolute Gasteiger partial charge is 0.324 e. The lowest BCUT2D eigenvalue weighted by Crippen LogP contribution is -2.27. The Kier molecular flexibility index (Phi) is 4.71. The molecule has 0 saturated heterocycles. The molecular weight excluding hydrogens is 424 g/mol. The molecule has 0 bridgehead atoms. The van der Waals surface area contributed by atoms with Gasteiger partial charge in [0.15, 0.2) is 11.6 Å². The van der Waals surface area contributed by atoms with E-state index >= 15 is 4.39 Å². The average Bonchev–Trinajstić information content (AvgIpc) is 3.19. The van der Waals surface area contributed by atoms with Crippen LogP contribution in [0.2, 0.25) is 0 Å². The van der Waals surface area contributed by atoms with Gasteiger partial charge < -0.3 is 4.90 Å². The van der Waals surface area contributed by atoms with Gasteiger partial charge in [-0.3, -0.25) is 9.38 Å². The number of halogens is 2. The van der Waals surface area contributed by atoms with Crippen molar-refractivity contribution in [2.45, 2.75) is 33.6 Å². The second-order valence-electron chi connectivity index (χ2n) is 8.50. The Labute approximate surface area is 188 Å². The minimum atomic E-state index is -0.975. The van der Waals surface area contributed by atoms with Crippen LogP contribution in [0.4, 0.5) is 20.3 Å². The van der Waals surface area contributed by atoms with Gasteiger partial charge in [-0.15, -0.1) is 10.2 Å². The van der Waals surface area contributed by atoms with Crippen LogP contribution in [-0.2, 0) is 6.42 Å². The Morgan fingerprint density at radius 1 is 1.15 bits per heavy atom. The summed E-state index contributed by atoms with van der Waals surface area (Å²) in [6.07, 6.45) is 4.84. The van der Waals surface area contributed by atoms with Crippen molar-refractivity contribution < 1.29 is 8.78 Å². The van der Waals surface area contributed by atoms with Crippen molar-refractivity contribution in [3.63, 3.8) is 0 Å². The summed E-state index contributed by atoms with van der Waals surface area (Å²) < 4.78 is 31.1. The van der Waals surface area contributed by atoms with Gasteiger partial charge in [-0.2, -0.15) is 10.2 Å². The molecule has 0 N–H and O–H groups in total. The van der Waals surface area contributed by atoms with Crippen LogP contribution in [0.5, 0.6) is 0 Å². The normalized spacial score (nSPS) is 13.5. The van der Waals surface area contributed by atoms with Crippen molar-refractivity contribution >= 4 is 28.2 Å². The molecule has 1 aliphatic heterocycles. The molecule has 1 aliphatic rings. The Hall–Kier alpha value is -4.11. The summed E-state index contributed by atoms with van der Waals surface area (Å²) in [7, 11) is 0. The van der Waals surface area contributed by atoms with Gasteiger partial charge in [0.05, 0.1) is 28.9 Å². The number of benzene rings is 1. The summed E-state index contributed by atoms with van der Waals surface area (Å²) >= 11 is 0. The van der Waals surface area contributed by atoms with Crippen LogP contribution in [0.25, 0.3) is 16.7 Å². The third-order valence-electron chi connectivity index (χ3n) is 5.73. The molecule has 4 aromatic rings. The first-order chi connectivity index (χ1) is 15.8. The minimum Gasteiger partial charge on any atom is -0.324 e. The highest BCUT2D eigenvalue weighted by Crippen LogP contribution is 2.38. The van der Waals surface area contributed by atoms with Crippen LogP contribution in [0.3, 0.4) is 0 Å². The number of nitrogens with zero attached hydrogens (tertiary/aromatic N) is 7. The highest BCUT2D eigenvalue weighted by Gasteiger charge is 2.27. The quantitative estimate of drug-likeness (QED) is 0.409. The molecule has 1 aromatic carbocycles. The van der Waals surface area contributed by atoms with E-state index in [2.05, 4.69) is 38.1 Å². The summed E-state index contributed by atoms with van der Waals surface area (Å²) in [5.41, 5.74) is 1.99. The molecule has 33 heavy (non-hydrogen) atoms. The van der Waals surface area contributed by atoms with Crippen LogP contribution in [0.15, 0.2) is 24.5 Å². The van der Waals surface area contributed by atoms with Crippen molar-refractivity contribution in [1.29, 1.82) is 5.26 Å². The Morgan fingerprint density at radius 2 is 1.97 bits per heavy atom. The van der Waals surface area contributed by atoms with Crippen LogP contribution >= 0.6 is 0 Å². The molecule has 0 fully saturated rings. The molecule has 7 nitrogen and oxygen atoms in total. The average molecular weight is 443 g/mol. The van der Waals surface area contributed by atoms with Crippen LogP contribution in [0.1, 0.15) is 37.2 Å². The lowest BCUT2D eigenvalue weighted by atomic mass is 9.94. The molecule has 0 radical (unpaired) electrons. The fourth-order valence-corrected chi connectivity index (χ4v) is 4.08. The standard InChI is InChI=1S/C24H19F2N7/c1-14-30-31-23-29-22(20-18(33(14)23)7-6-17(25)21(20)26)32-10-4-5-16-15(11-28-12-19(16)32)8-9-24(2,3)13-27/h6-7,11-12H,4-5,10H2,1-3H3. The van der Waals surface area contributed by atoms with E-state index in [1.807, 2.05) is 4.90 Å². The molecule has 4 heterocycles. The number of anilines is 2. The Balaban J connectivity index is 1.76. The van der Waals surface area contributed by atoms with Crippen molar-refractivity contribution in [3.8, 4) is 17.9 Å². The number of nitriles is 1. The number of hydrogen-bond donors (Lipinski definition) is 0. The van der Waals surface area contributed by atoms with Gasteiger partial charge in [-0.05, 0) is 51.3 Å². The molecule has 0 aliphatic carbocycles. The van der Waals surface area contributed by atoms with Gasteiger partial charge in [0.1, 0.15) is 17.1 Å². The van der Waals surface area contributed by atoms with Gasteiger partial charge in [-0.25, -0.2) is 8.78 Å². The van der Waals surface area contributed by atoms with E-state index in [1.54, 1.807) is 37.6 Å². The first-order valence-corrected chi connectivity index (χ1v) is 10.5. The van der Waals surface area contributed by atoms with Gasteiger partial charge in [0.2, 0.25) is 0 Å². The van der Waals surface area contributed by atoms with Crippen molar-refractivity contribution in [2.75, 3.05) is 11.4 Å². The van der Waals surface area contributed by atoms with Crippen molar-refractivity contribution in [3.05, 3.63) is 53.1 Å². The SMILES string of the molecule is Cc1nnc2nc(N3CCCc4c(C#CC(C)(C)C#N)cncc43)c3c(F)c(F)ccc3n12. The van der Waals surface area contributed by atoms with E-state index in [0.717, 1.165) is 30.2 Å². The summed E-state index contributed by atoms with van der Waals surface area (Å²) in [5, 5.41) is 17.5. The van der Waals surface area contributed by atoms with E-state index in [9.17, 15) is 9.65 Å². The van der Waals surface area contributed by atoms with Gasteiger partial charge >= 0.3 is 0 Å². The number of aromatic nitrogens is 5. The van der Waals surface area contributed by atoms with Crippen molar-refractivity contribution in [2.24, 2.45) is 5.41 Å². The maximum Gasteiger partial charge on any atom is 0.257 e. The molecule has 3 aromatic heterocycles. The van der Waals surface area contributed by atoms with Gasteiger partial charge in [-0.1, -0.05) is 11.8 Å². The molecular formula is C24H19F2N7. The van der Waals surface area contributed by atoms with Gasteiger partial charge in [0, 0.05) is 18.3 Å². The minimum absolute atomic E-state index is 0.0559. The first-order valence-electron chi connectivity index (χ1n) is 10.5. The molecule has 5 rings (SSSR count). The van der Waals surface area contributed by atoms with E-state index < -0.39 is 17.0 Å². The topological polar surface area (TPSA) is 83.0 Å². The predicted molar refractivity (Wildman–Crippen MR) is 119 cm³/mol. The summed E-state index contributed by atoms with van der Waals surface area (Å²) in [4.78, 5) is 10.7. The second-order valence-corrected chi connectivity index (χ2v) is 8.50. The van der Waals surface area contributed by atoms with E-state index in [0.29, 0.717) is 29.2 Å². The maximum atomic E-state index is 15.2. The Morgan fingerprint density at radius 3 is 2.76 bits per heavy atom. The fraction of sp³-hybridized carbons (Fsp3) is 0.292. The zero-order valence-electron chi connectivity index (χ0n) is 18.3. The van der Waals surface area contributed by atoms with Gasteiger partial charge in [0.25, 0.3) is 5.78 Å². The molecule has 0 spiro atoms. The lowest BCUT2D eigenvalue weighted by molar-refractivity contribution is 0.516. The maximum absolute atomic E-state index is 15.2. The summed E-state index contributed by atoms with van der Waals surface area (Å²) in [6, 6.07) is 4.78. The highest BCUT2D eigenvalue weighted by atomic mass is 19.2. The third-order valence-corrected chi connectivity index (χ3v) is 5.73. The molecule has 0 atom stereocenters. The number of hydrogen-bond acceptors (Lipinski definition) is 6. The van der Waals surface area contributed by atoms with Crippen LogP contribution in [-0.4, -0.2) is 31.1 Å². The Bertz CT molecular complexity index is 1540. The zero-order valence-corrected chi connectivity index (χ0v) is 18.3. The fourth-order valence-electron chi connectivity index (χ4n) is 4.08. The van der Waals surface area contributed by atoms with E-state index in [-0.39, 0.29) is 11.2 Å². The van der Waals surface area contributed by atoms with Crippen LogP contribution < -0.4 is 4.90 Å².